The van der Waals surface area contributed by atoms with E-state index in [1.165, 1.54) is 32.4 Å². The SMILES string of the molecule is COC(=O)CC(=O)NCc1cc(F)ccc1OC. The number of ether oxygens (including phenoxy) is 2. The molecule has 0 aliphatic rings. The van der Waals surface area contributed by atoms with Crippen LogP contribution in [0.1, 0.15) is 12.0 Å². The molecule has 5 nitrogen and oxygen atoms in total. The van der Waals surface area contributed by atoms with Gasteiger partial charge in [0.25, 0.3) is 0 Å². The summed E-state index contributed by atoms with van der Waals surface area (Å²) >= 11 is 0. The Hall–Kier alpha value is -2.11. The molecule has 0 atom stereocenters. The topological polar surface area (TPSA) is 64.6 Å². The Labute approximate surface area is 104 Å². The highest BCUT2D eigenvalue weighted by Crippen LogP contribution is 2.18. The van der Waals surface area contributed by atoms with E-state index in [1.54, 1.807) is 0 Å². The molecule has 1 aromatic rings. The fourth-order valence-electron chi connectivity index (χ4n) is 1.34. The number of rotatable bonds is 5. The summed E-state index contributed by atoms with van der Waals surface area (Å²) in [6, 6.07) is 3.99. The van der Waals surface area contributed by atoms with E-state index in [0.29, 0.717) is 11.3 Å². The van der Waals surface area contributed by atoms with Crippen molar-refractivity contribution in [3.63, 3.8) is 0 Å². The lowest BCUT2D eigenvalue weighted by Crippen LogP contribution is -2.25. The minimum Gasteiger partial charge on any atom is -0.496 e. The van der Waals surface area contributed by atoms with Gasteiger partial charge in [0, 0.05) is 12.1 Å². The summed E-state index contributed by atoms with van der Waals surface area (Å²) in [4.78, 5) is 22.2. The third-order valence-electron chi connectivity index (χ3n) is 2.25. The quantitative estimate of drug-likeness (QED) is 0.630. The van der Waals surface area contributed by atoms with E-state index in [4.69, 9.17) is 4.74 Å². The highest BCUT2D eigenvalue weighted by molar-refractivity contribution is 5.94. The van der Waals surface area contributed by atoms with Crippen molar-refractivity contribution in [1.29, 1.82) is 0 Å². The molecule has 6 heteroatoms. The first-order chi connectivity index (χ1) is 8.56. The number of carbonyl (C=O) groups excluding carboxylic acids is 2. The molecule has 0 aliphatic heterocycles. The summed E-state index contributed by atoms with van der Waals surface area (Å²) in [6.07, 6.45) is -0.367. The molecule has 0 radical (unpaired) electrons. The second-order valence-corrected chi connectivity index (χ2v) is 3.49. The average molecular weight is 255 g/mol. The molecule has 98 valence electrons. The number of halogens is 1. The average Bonchev–Trinajstić information content (AvgIpc) is 2.36. The summed E-state index contributed by atoms with van der Waals surface area (Å²) in [5, 5.41) is 2.48. The maximum atomic E-state index is 13.0. The normalized spacial score (nSPS) is 9.72. The number of methoxy groups -OCH3 is 2. The van der Waals surface area contributed by atoms with Crippen LogP contribution in [0.5, 0.6) is 5.75 Å². The molecule has 18 heavy (non-hydrogen) atoms. The molecule has 0 aliphatic carbocycles. The smallest absolute Gasteiger partial charge is 0.315 e. The van der Waals surface area contributed by atoms with Gasteiger partial charge >= 0.3 is 5.97 Å². The molecular weight excluding hydrogens is 241 g/mol. The molecule has 0 unspecified atom stereocenters. The summed E-state index contributed by atoms with van der Waals surface area (Å²) in [5.74, 6) is -1.07. The van der Waals surface area contributed by atoms with Crippen LogP contribution in [0.25, 0.3) is 0 Å². The molecule has 1 aromatic carbocycles. The molecule has 0 heterocycles. The Morgan fingerprint density at radius 1 is 1.33 bits per heavy atom. The lowest BCUT2D eigenvalue weighted by Gasteiger charge is -2.09. The Balaban J connectivity index is 2.60. The van der Waals surface area contributed by atoms with Gasteiger partial charge in [-0.25, -0.2) is 4.39 Å². The monoisotopic (exact) mass is 255 g/mol. The minimum atomic E-state index is -0.626. The third-order valence-corrected chi connectivity index (χ3v) is 2.25. The fourth-order valence-corrected chi connectivity index (χ4v) is 1.34. The molecule has 0 bridgehead atoms. The van der Waals surface area contributed by atoms with Crippen LogP contribution in [0.2, 0.25) is 0 Å². The highest BCUT2D eigenvalue weighted by atomic mass is 19.1. The first-order valence-electron chi connectivity index (χ1n) is 5.22. The van der Waals surface area contributed by atoms with Crippen molar-refractivity contribution in [2.75, 3.05) is 14.2 Å². The molecule has 0 aromatic heterocycles. The van der Waals surface area contributed by atoms with E-state index in [2.05, 4.69) is 10.1 Å². The third kappa shape index (κ3) is 4.04. The molecule has 0 fully saturated rings. The predicted molar refractivity (Wildman–Crippen MR) is 61.4 cm³/mol. The lowest BCUT2D eigenvalue weighted by atomic mass is 10.2. The summed E-state index contributed by atoms with van der Waals surface area (Å²) in [6.45, 7) is 0.0801. The van der Waals surface area contributed by atoms with Crippen molar-refractivity contribution >= 4 is 11.9 Å². The van der Waals surface area contributed by atoms with Crippen LogP contribution < -0.4 is 10.1 Å². The maximum absolute atomic E-state index is 13.0. The first-order valence-corrected chi connectivity index (χ1v) is 5.22. The van der Waals surface area contributed by atoms with Gasteiger partial charge in [-0.3, -0.25) is 9.59 Å². The van der Waals surface area contributed by atoms with Crippen LogP contribution in [0.3, 0.4) is 0 Å². The van der Waals surface area contributed by atoms with Crippen molar-refractivity contribution in [2.24, 2.45) is 0 Å². The second kappa shape index (κ2) is 6.58. The summed E-state index contributed by atoms with van der Waals surface area (Å²) in [5.41, 5.74) is 0.496. The van der Waals surface area contributed by atoms with Gasteiger partial charge < -0.3 is 14.8 Å². The second-order valence-electron chi connectivity index (χ2n) is 3.49. The van der Waals surface area contributed by atoms with Crippen LogP contribution in [0.4, 0.5) is 4.39 Å². The lowest BCUT2D eigenvalue weighted by molar-refractivity contribution is -0.143. The Bertz CT molecular complexity index is 448. The predicted octanol–water partition coefficient (Wildman–Crippen LogP) is 1.01. The molecular formula is C12H14FNO4. The number of carbonyl (C=O) groups is 2. The van der Waals surface area contributed by atoms with Crippen LogP contribution in [0, 0.1) is 5.82 Å². The van der Waals surface area contributed by atoms with Crippen LogP contribution >= 0.6 is 0 Å². The number of nitrogens with one attached hydrogen (secondary N) is 1. The van der Waals surface area contributed by atoms with Gasteiger partial charge in [0.2, 0.25) is 5.91 Å². The van der Waals surface area contributed by atoms with Gasteiger partial charge in [-0.1, -0.05) is 0 Å². The van der Waals surface area contributed by atoms with E-state index in [9.17, 15) is 14.0 Å². The van der Waals surface area contributed by atoms with Crippen LogP contribution in [-0.4, -0.2) is 26.1 Å². The fraction of sp³-hybridized carbons (Fsp3) is 0.333. The van der Waals surface area contributed by atoms with Gasteiger partial charge in [0.1, 0.15) is 18.0 Å². The van der Waals surface area contributed by atoms with Crippen molar-refractivity contribution in [3.05, 3.63) is 29.6 Å². The van der Waals surface area contributed by atoms with Gasteiger partial charge in [0.15, 0.2) is 0 Å². The molecule has 1 N–H and O–H groups in total. The van der Waals surface area contributed by atoms with E-state index in [-0.39, 0.29) is 13.0 Å². The van der Waals surface area contributed by atoms with Gasteiger partial charge in [-0.2, -0.15) is 0 Å². The first kappa shape index (κ1) is 14.0. The number of esters is 1. The highest BCUT2D eigenvalue weighted by Gasteiger charge is 2.10. The van der Waals surface area contributed by atoms with Crippen molar-refractivity contribution in [2.45, 2.75) is 13.0 Å². The molecule has 0 saturated heterocycles. The largest absolute Gasteiger partial charge is 0.496 e. The molecule has 0 spiro atoms. The molecule has 1 rings (SSSR count). The maximum Gasteiger partial charge on any atom is 0.315 e. The summed E-state index contributed by atoms with van der Waals surface area (Å²) in [7, 11) is 2.65. The molecule has 1 amide bonds. The van der Waals surface area contributed by atoms with E-state index in [0.717, 1.165) is 0 Å². The molecule has 0 saturated carbocycles. The van der Waals surface area contributed by atoms with Gasteiger partial charge in [-0.05, 0) is 18.2 Å². The van der Waals surface area contributed by atoms with E-state index >= 15 is 0 Å². The van der Waals surface area contributed by atoms with E-state index in [1.807, 2.05) is 0 Å². The van der Waals surface area contributed by atoms with Crippen LogP contribution in [0.15, 0.2) is 18.2 Å². The minimum absolute atomic E-state index is 0.0801. The number of amides is 1. The van der Waals surface area contributed by atoms with E-state index < -0.39 is 17.7 Å². The van der Waals surface area contributed by atoms with Crippen molar-refractivity contribution in [3.8, 4) is 5.75 Å². The van der Waals surface area contributed by atoms with Crippen molar-refractivity contribution in [1.82, 2.24) is 5.32 Å². The van der Waals surface area contributed by atoms with Crippen LogP contribution in [-0.2, 0) is 20.9 Å². The van der Waals surface area contributed by atoms with Crippen molar-refractivity contribution < 1.29 is 23.5 Å². The standard InChI is InChI=1S/C12H14FNO4/c1-17-10-4-3-9(13)5-8(10)7-14-11(15)6-12(16)18-2/h3-5H,6-7H2,1-2H3,(H,14,15). The Kier molecular flexibility index (Phi) is 5.10. The number of hydrogen-bond donors (Lipinski definition) is 1. The number of hydrogen-bond acceptors (Lipinski definition) is 4. The van der Waals surface area contributed by atoms with Gasteiger partial charge in [-0.15, -0.1) is 0 Å². The summed E-state index contributed by atoms with van der Waals surface area (Å²) < 4.78 is 22.4. The van der Waals surface area contributed by atoms with Gasteiger partial charge in [0.05, 0.1) is 14.2 Å². The number of benzene rings is 1. The zero-order chi connectivity index (χ0) is 13.5. The Morgan fingerprint density at radius 2 is 2.06 bits per heavy atom. The zero-order valence-corrected chi connectivity index (χ0v) is 10.2. The Morgan fingerprint density at radius 3 is 2.67 bits per heavy atom. The zero-order valence-electron chi connectivity index (χ0n) is 10.2.